The summed E-state index contributed by atoms with van der Waals surface area (Å²) >= 11 is 12.3. The molecule has 2 aromatic rings. The van der Waals surface area contributed by atoms with Gasteiger partial charge in [0.05, 0.1) is 17.0 Å². The van der Waals surface area contributed by atoms with Crippen molar-refractivity contribution in [1.82, 2.24) is 10.2 Å². The molecule has 1 N–H and O–H groups in total. The van der Waals surface area contributed by atoms with E-state index in [0.717, 1.165) is 36.2 Å². The number of sulfonamides is 1. The zero-order valence-corrected chi connectivity index (χ0v) is 23.3. The molecule has 1 aliphatic carbocycles. The smallest absolute Gasteiger partial charge is 0.242 e. The van der Waals surface area contributed by atoms with Gasteiger partial charge in [0.25, 0.3) is 0 Å². The molecule has 1 aliphatic rings. The topological polar surface area (TPSA) is 86.8 Å². The SMILES string of the molecule is C[C@@H](C(=O)NC1CCCC1)N(Cc1ccc(F)cc1)C(=O)CCCN(c1cc(Cl)ccc1Cl)S(C)(=O)=O. The highest BCUT2D eigenvalue weighted by Gasteiger charge is 2.29. The molecule has 0 radical (unpaired) electrons. The van der Waals surface area contributed by atoms with Crippen molar-refractivity contribution in [2.24, 2.45) is 0 Å². The van der Waals surface area contributed by atoms with E-state index in [2.05, 4.69) is 5.32 Å². The van der Waals surface area contributed by atoms with Gasteiger partial charge in [-0.25, -0.2) is 12.8 Å². The summed E-state index contributed by atoms with van der Waals surface area (Å²) in [6, 6.07) is 9.63. The van der Waals surface area contributed by atoms with Crippen molar-refractivity contribution in [3.05, 3.63) is 63.9 Å². The Kier molecular flexibility index (Phi) is 10.2. The molecule has 0 heterocycles. The fraction of sp³-hybridized carbons (Fsp3) is 0.462. The van der Waals surface area contributed by atoms with Crippen molar-refractivity contribution in [1.29, 1.82) is 0 Å². The summed E-state index contributed by atoms with van der Waals surface area (Å²) in [6.07, 6.45) is 5.19. The van der Waals surface area contributed by atoms with E-state index < -0.39 is 21.9 Å². The minimum atomic E-state index is -3.71. The van der Waals surface area contributed by atoms with Crippen LogP contribution < -0.4 is 9.62 Å². The van der Waals surface area contributed by atoms with Crippen molar-refractivity contribution in [3.63, 3.8) is 0 Å². The van der Waals surface area contributed by atoms with Crippen LogP contribution in [0.1, 0.15) is 51.0 Å². The molecular formula is C26H32Cl2FN3O4S. The second kappa shape index (κ2) is 12.9. The van der Waals surface area contributed by atoms with Crippen LogP contribution in [-0.2, 0) is 26.2 Å². The van der Waals surface area contributed by atoms with Crippen molar-refractivity contribution in [3.8, 4) is 0 Å². The minimum absolute atomic E-state index is 0.00231. The average molecular weight is 573 g/mol. The number of nitrogens with zero attached hydrogens (tertiary/aromatic N) is 2. The van der Waals surface area contributed by atoms with Gasteiger partial charge in [0.1, 0.15) is 11.9 Å². The second-order valence-electron chi connectivity index (χ2n) is 9.35. The maximum Gasteiger partial charge on any atom is 0.242 e. The molecular weight excluding hydrogens is 540 g/mol. The number of benzene rings is 2. The van der Waals surface area contributed by atoms with E-state index in [1.165, 1.54) is 29.2 Å². The first-order valence-electron chi connectivity index (χ1n) is 12.2. The van der Waals surface area contributed by atoms with Gasteiger partial charge in [-0.1, -0.05) is 48.2 Å². The summed E-state index contributed by atoms with van der Waals surface area (Å²) in [5, 5.41) is 3.58. The van der Waals surface area contributed by atoms with Crippen molar-refractivity contribution < 1.29 is 22.4 Å². The number of rotatable bonds is 11. The van der Waals surface area contributed by atoms with E-state index in [1.807, 2.05) is 0 Å². The number of carbonyl (C=O) groups is 2. The van der Waals surface area contributed by atoms with Crippen molar-refractivity contribution in [2.45, 2.75) is 64.1 Å². The van der Waals surface area contributed by atoms with E-state index in [0.29, 0.717) is 10.6 Å². The van der Waals surface area contributed by atoms with E-state index in [-0.39, 0.29) is 54.5 Å². The predicted molar refractivity (Wildman–Crippen MR) is 145 cm³/mol. The molecule has 1 atom stereocenters. The Morgan fingerprint density at radius 3 is 2.38 bits per heavy atom. The van der Waals surface area contributed by atoms with E-state index >= 15 is 0 Å². The molecule has 1 fully saturated rings. The molecule has 11 heteroatoms. The number of hydrogen-bond donors (Lipinski definition) is 1. The van der Waals surface area contributed by atoms with Gasteiger partial charge in [0, 0.05) is 30.6 Å². The quantitative estimate of drug-likeness (QED) is 0.404. The lowest BCUT2D eigenvalue weighted by Gasteiger charge is -2.30. The standard InChI is InChI=1S/C26H32Cl2FN3O4S/c1-18(26(34)30-22-6-3-4-7-22)31(17-19-9-12-21(29)13-10-19)25(33)8-5-15-32(37(2,35)36)24-16-20(27)11-14-23(24)28/h9-14,16,18,22H,3-8,15,17H2,1-2H3,(H,30,34)/t18-/m0/s1. The highest BCUT2D eigenvalue weighted by atomic mass is 35.5. The van der Waals surface area contributed by atoms with E-state index in [9.17, 15) is 22.4 Å². The van der Waals surface area contributed by atoms with Crippen molar-refractivity contribution >= 4 is 50.7 Å². The lowest BCUT2D eigenvalue weighted by atomic mass is 10.1. The van der Waals surface area contributed by atoms with Gasteiger partial charge in [0.15, 0.2) is 0 Å². The third kappa shape index (κ3) is 8.32. The molecule has 0 aromatic heterocycles. The monoisotopic (exact) mass is 571 g/mol. The molecule has 0 spiro atoms. The van der Waals surface area contributed by atoms with E-state index in [4.69, 9.17) is 23.2 Å². The molecule has 2 aromatic carbocycles. The van der Waals surface area contributed by atoms with Gasteiger partial charge in [-0.15, -0.1) is 0 Å². The molecule has 0 saturated heterocycles. The van der Waals surface area contributed by atoms with Crippen LogP contribution in [0.5, 0.6) is 0 Å². The molecule has 1 saturated carbocycles. The van der Waals surface area contributed by atoms with Gasteiger partial charge >= 0.3 is 0 Å². The van der Waals surface area contributed by atoms with E-state index in [1.54, 1.807) is 25.1 Å². The maximum atomic E-state index is 13.4. The van der Waals surface area contributed by atoms with Gasteiger partial charge < -0.3 is 10.2 Å². The number of amides is 2. The molecule has 37 heavy (non-hydrogen) atoms. The van der Waals surface area contributed by atoms with Crippen LogP contribution in [0.2, 0.25) is 10.0 Å². The Bertz CT molecular complexity index is 1200. The molecule has 2 amide bonds. The normalized spacial score (nSPS) is 14.8. The Hall–Kier alpha value is -2.36. The van der Waals surface area contributed by atoms with Gasteiger partial charge in [0.2, 0.25) is 21.8 Å². The third-order valence-corrected chi connectivity index (χ3v) is 8.20. The highest BCUT2D eigenvalue weighted by molar-refractivity contribution is 7.92. The second-order valence-corrected chi connectivity index (χ2v) is 12.1. The average Bonchev–Trinajstić information content (AvgIpc) is 3.35. The predicted octanol–water partition coefficient (Wildman–Crippen LogP) is 5.15. The van der Waals surface area contributed by atoms with Crippen LogP contribution >= 0.6 is 23.2 Å². The summed E-state index contributed by atoms with van der Waals surface area (Å²) < 4.78 is 39.5. The van der Waals surface area contributed by atoms with Crippen molar-refractivity contribution in [2.75, 3.05) is 17.1 Å². The zero-order chi connectivity index (χ0) is 27.2. The first-order valence-corrected chi connectivity index (χ1v) is 14.8. The Balaban J connectivity index is 1.73. The summed E-state index contributed by atoms with van der Waals surface area (Å²) in [4.78, 5) is 27.8. The Morgan fingerprint density at radius 1 is 1.11 bits per heavy atom. The summed E-state index contributed by atoms with van der Waals surface area (Å²) in [5.41, 5.74) is 0.912. The maximum absolute atomic E-state index is 13.4. The number of anilines is 1. The van der Waals surface area contributed by atoms with Gasteiger partial charge in [-0.2, -0.15) is 0 Å². The summed E-state index contributed by atoms with van der Waals surface area (Å²) in [5.74, 6) is -0.955. The number of halogens is 3. The summed E-state index contributed by atoms with van der Waals surface area (Å²) in [7, 11) is -3.71. The lowest BCUT2D eigenvalue weighted by Crippen LogP contribution is -2.49. The zero-order valence-electron chi connectivity index (χ0n) is 20.9. The number of hydrogen-bond acceptors (Lipinski definition) is 4. The largest absolute Gasteiger partial charge is 0.352 e. The van der Waals surface area contributed by atoms with Crippen LogP contribution in [0.25, 0.3) is 0 Å². The molecule has 202 valence electrons. The Labute approximate surface area is 228 Å². The van der Waals surface area contributed by atoms with Gasteiger partial charge in [-0.3, -0.25) is 13.9 Å². The fourth-order valence-electron chi connectivity index (χ4n) is 4.42. The molecule has 7 nitrogen and oxygen atoms in total. The molecule has 0 bridgehead atoms. The number of carbonyl (C=O) groups excluding carboxylic acids is 2. The first kappa shape index (κ1) is 29.2. The third-order valence-electron chi connectivity index (χ3n) is 6.46. The Morgan fingerprint density at radius 2 is 1.76 bits per heavy atom. The number of nitrogens with one attached hydrogen (secondary N) is 1. The highest BCUT2D eigenvalue weighted by Crippen LogP contribution is 2.31. The first-order chi connectivity index (χ1) is 17.5. The molecule has 0 aliphatic heterocycles. The lowest BCUT2D eigenvalue weighted by molar-refractivity contribution is -0.141. The van der Waals surface area contributed by atoms with Crippen LogP contribution in [-0.4, -0.2) is 50.0 Å². The summed E-state index contributed by atoms with van der Waals surface area (Å²) in [6.45, 7) is 1.78. The molecule has 3 rings (SSSR count). The van der Waals surface area contributed by atoms with Crippen LogP contribution in [0.3, 0.4) is 0 Å². The van der Waals surface area contributed by atoms with Crippen LogP contribution in [0, 0.1) is 5.82 Å². The fourth-order valence-corrected chi connectivity index (χ4v) is 5.83. The van der Waals surface area contributed by atoms with Crippen LogP contribution in [0.4, 0.5) is 10.1 Å². The molecule has 0 unspecified atom stereocenters. The van der Waals surface area contributed by atoms with Gasteiger partial charge in [-0.05, 0) is 62.1 Å². The minimum Gasteiger partial charge on any atom is -0.352 e. The van der Waals surface area contributed by atoms with Crippen LogP contribution in [0.15, 0.2) is 42.5 Å².